The standard InChI is InChI=1S/C22H28N4O2/c1-17(20-9-6-11-23-20)28-22(27)26-12-10-21-19(15-26)14-25(16-24(21)2)13-18-7-4-3-5-8-18/h3-9,11,17,23H,10,12-16H2,1-2H3. The van der Waals surface area contributed by atoms with Gasteiger partial charge in [0.25, 0.3) is 0 Å². The van der Waals surface area contributed by atoms with E-state index in [9.17, 15) is 4.79 Å². The second kappa shape index (κ2) is 8.10. The van der Waals surface area contributed by atoms with Crippen LogP contribution in [-0.4, -0.2) is 59.1 Å². The maximum atomic E-state index is 12.7. The van der Waals surface area contributed by atoms with Crippen LogP contribution in [0.25, 0.3) is 0 Å². The predicted molar refractivity (Wildman–Crippen MR) is 108 cm³/mol. The molecule has 0 fully saturated rings. The molecule has 148 valence electrons. The van der Waals surface area contributed by atoms with Crippen molar-refractivity contribution in [2.45, 2.75) is 26.0 Å². The molecule has 28 heavy (non-hydrogen) atoms. The average molecular weight is 380 g/mol. The monoisotopic (exact) mass is 380 g/mol. The van der Waals surface area contributed by atoms with Gasteiger partial charge in [0.05, 0.1) is 12.4 Å². The summed E-state index contributed by atoms with van der Waals surface area (Å²) < 4.78 is 5.67. The molecule has 2 aromatic rings. The fourth-order valence-corrected chi connectivity index (χ4v) is 4.12. The first-order valence-electron chi connectivity index (χ1n) is 9.87. The predicted octanol–water partition coefficient (Wildman–Crippen LogP) is 3.58. The van der Waals surface area contributed by atoms with Crippen LogP contribution in [0.4, 0.5) is 4.79 Å². The molecule has 3 heterocycles. The number of hydrogen-bond acceptors (Lipinski definition) is 4. The van der Waals surface area contributed by atoms with Crippen LogP contribution < -0.4 is 0 Å². The van der Waals surface area contributed by atoms with Crippen LogP contribution in [0.2, 0.25) is 0 Å². The highest BCUT2D eigenvalue weighted by Crippen LogP contribution is 2.27. The zero-order valence-electron chi connectivity index (χ0n) is 16.6. The van der Waals surface area contributed by atoms with Gasteiger partial charge in [-0.15, -0.1) is 0 Å². The highest BCUT2D eigenvalue weighted by Gasteiger charge is 2.30. The Bertz CT molecular complexity index is 831. The van der Waals surface area contributed by atoms with Crippen molar-refractivity contribution in [2.75, 3.05) is 33.4 Å². The summed E-state index contributed by atoms with van der Waals surface area (Å²) in [5, 5.41) is 0. The molecule has 1 unspecified atom stereocenters. The van der Waals surface area contributed by atoms with Gasteiger partial charge in [-0.3, -0.25) is 4.90 Å². The molecule has 4 rings (SSSR count). The Morgan fingerprint density at radius 2 is 2.00 bits per heavy atom. The number of carbonyl (C=O) groups is 1. The van der Waals surface area contributed by atoms with Crippen molar-refractivity contribution in [3.63, 3.8) is 0 Å². The Morgan fingerprint density at radius 3 is 2.75 bits per heavy atom. The first-order chi connectivity index (χ1) is 13.6. The third-order valence-corrected chi connectivity index (χ3v) is 5.54. The minimum Gasteiger partial charge on any atom is -0.440 e. The van der Waals surface area contributed by atoms with Crippen LogP contribution in [0.1, 0.15) is 30.7 Å². The molecule has 1 aromatic carbocycles. The van der Waals surface area contributed by atoms with Crippen LogP contribution >= 0.6 is 0 Å². The summed E-state index contributed by atoms with van der Waals surface area (Å²) in [6.45, 7) is 5.97. The summed E-state index contributed by atoms with van der Waals surface area (Å²) in [7, 11) is 2.15. The summed E-state index contributed by atoms with van der Waals surface area (Å²) in [5.41, 5.74) is 4.93. The number of amides is 1. The molecule has 1 aromatic heterocycles. The fourth-order valence-electron chi connectivity index (χ4n) is 4.12. The zero-order chi connectivity index (χ0) is 19.5. The maximum absolute atomic E-state index is 12.7. The molecule has 2 aliphatic heterocycles. The van der Waals surface area contributed by atoms with E-state index in [1.54, 1.807) is 0 Å². The van der Waals surface area contributed by atoms with E-state index in [1.165, 1.54) is 16.8 Å². The Hall–Kier alpha value is -2.73. The molecular formula is C22H28N4O2. The van der Waals surface area contributed by atoms with Gasteiger partial charge in [-0.1, -0.05) is 30.3 Å². The van der Waals surface area contributed by atoms with Crippen LogP contribution in [0.3, 0.4) is 0 Å². The van der Waals surface area contributed by atoms with Gasteiger partial charge in [-0.2, -0.15) is 0 Å². The van der Waals surface area contributed by atoms with Gasteiger partial charge in [0.2, 0.25) is 0 Å². The molecule has 0 spiro atoms. The molecular weight excluding hydrogens is 352 g/mol. The minimum atomic E-state index is -0.276. The quantitative estimate of drug-likeness (QED) is 0.881. The van der Waals surface area contributed by atoms with Crippen LogP contribution in [0.5, 0.6) is 0 Å². The Balaban J connectivity index is 1.39. The summed E-state index contributed by atoms with van der Waals surface area (Å²) in [6, 6.07) is 14.4. The highest BCUT2D eigenvalue weighted by molar-refractivity contribution is 5.68. The van der Waals surface area contributed by atoms with E-state index in [0.29, 0.717) is 13.1 Å². The van der Waals surface area contributed by atoms with E-state index in [2.05, 4.69) is 46.1 Å². The molecule has 6 heteroatoms. The van der Waals surface area contributed by atoms with Crippen LogP contribution in [0, 0.1) is 0 Å². The van der Waals surface area contributed by atoms with Gasteiger partial charge in [-0.05, 0) is 30.2 Å². The van der Waals surface area contributed by atoms with Crippen molar-refractivity contribution in [1.82, 2.24) is 19.7 Å². The number of nitrogens with zero attached hydrogens (tertiary/aromatic N) is 3. The number of aromatic nitrogens is 1. The molecule has 1 amide bonds. The number of aromatic amines is 1. The van der Waals surface area contributed by atoms with E-state index < -0.39 is 0 Å². The number of ether oxygens (including phenoxy) is 1. The normalized spacial score (nSPS) is 18.8. The first-order valence-corrected chi connectivity index (χ1v) is 9.87. The lowest BCUT2D eigenvalue weighted by atomic mass is 10.0. The molecule has 2 aliphatic rings. The summed E-state index contributed by atoms with van der Waals surface area (Å²) >= 11 is 0. The van der Waals surface area contributed by atoms with Gasteiger partial charge < -0.3 is 19.5 Å². The second-order valence-electron chi connectivity index (χ2n) is 7.69. The molecule has 0 aliphatic carbocycles. The lowest BCUT2D eigenvalue weighted by molar-refractivity contribution is 0.0633. The lowest BCUT2D eigenvalue weighted by Gasteiger charge is -2.42. The van der Waals surface area contributed by atoms with Gasteiger partial charge in [0.15, 0.2) is 0 Å². The molecule has 0 bridgehead atoms. The minimum absolute atomic E-state index is 0.239. The van der Waals surface area contributed by atoms with Crippen molar-refractivity contribution in [1.29, 1.82) is 0 Å². The fraction of sp³-hybridized carbons (Fsp3) is 0.409. The number of benzene rings is 1. The average Bonchev–Trinajstić information content (AvgIpc) is 3.23. The molecule has 6 nitrogen and oxygen atoms in total. The number of rotatable bonds is 4. The maximum Gasteiger partial charge on any atom is 0.410 e. The Kier molecular flexibility index (Phi) is 5.39. The van der Waals surface area contributed by atoms with Gasteiger partial charge >= 0.3 is 6.09 Å². The first kappa shape index (κ1) is 18.6. The molecule has 0 saturated heterocycles. The van der Waals surface area contributed by atoms with Crippen LogP contribution in [-0.2, 0) is 11.3 Å². The summed E-state index contributed by atoms with van der Waals surface area (Å²) in [6.07, 6.45) is 2.21. The second-order valence-corrected chi connectivity index (χ2v) is 7.69. The van der Waals surface area contributed by atoms with Crippen molar-refractivity contribution < 1.29 is 9.53 Å². The molecule has 1 atom stereocenters. The third-order valence-electron chi connectivity index (χ3n) is 5.54. The Morgan fingerprint density at radius 1 is 1.18 bits per heavy atom. The lowest BCUT2D eigenvalue weighted by Crippen LogP contribution is -2.48. The van der Waals surface area contributed by atoms with E-state index in [1.807, 2.05) is 36.2 Å². The van der Waals surface area contributed by atoms with E-state index >= 15 is 0 Å². The number of hydrogen-bond donors (Lipinski definition) is 1. The Labute approximate surface area is 166 Å². The van der Waals surface area contributed by atoms with Crippen molar-refractivity contribution in [2.24, 2.45) is 0 Å². The molecule has 0 radical (unpaired) electrons. The van der Waals surface area contributed by atoms with Crippen molar-refractivity contribution in [3.8, 4) is 0 Å². The third kappa shape index (κ3) is 4.07. The summed E-state index contributed by atoms with van der Waals surface area (Å²) in [5.74, 6) is 0. The zero-order valence-corrected chi connectivity index (χ0v) is 16.6. The number of H-pyrrole nitrogens is 1. The van der Waals surface area contributed by atoms with Crippen molar-refractivity contribution >= 4 is 6.09 Å². The largest absolute Gasteiger partial charge is 0.440 e. The van der Waals surface area contributed by atoms with E-state index in [4.69, 9.17) is 4.74 Å². The smallest absolute Gasteiger partial charge is 0.410 e. The van der Waals surface area contributed by atoms with Gasteiger partial charge in [0, 0.05) is 51.5 Å². The SMILES string of the molecule is CC(OC(=O)N1CCC2=C(CN(Cc3ccccc3)CN2C)C1)c1ccc[nH]1. The molecule has 1 N–H and O–H groups in total. The van der Waals surface area contributed by atoms with E-state index in [0.717, 1.165) is 31.9 Å². The van der Waals surface area contributed by atoms with E-state index in [-0.39, 0.29) is 12.2 Å². The summed E-state index contributed by atoms with van der Waals surface area (Å²) in [4.78, 5) is 22.4. The van der Waals surface area contributed by atoms with Gasteiger partial charge in [-0.25, -0.2) is 4.79 Å². The highest BCUT2D eigenvalue weighted by atomic mass is 16.6. The molecule has 0 saturated carbocycles. The topological polar surface area (TPSA) is 51.8 Å². The number of nitrogens with one attached hydrogen (secondary N) is 1. The van der Waals surface area contributed by atoms with Gasteiger partial charge in [0.1, 0.15) is 6.10 Å². The van der Waals surface area contributed by atoms with Crippen LogP contribution in [0.15, 0.2) is 59.9 Å². The number of carbonyl (C=O) groups excluding carboxylic acids is 1. The van der Waals surface area contributed by atoms with Crippen molar-refractivity contribution in [3.05, 3.63) is 71.2 Å².